The van der Waals surface area contributed by atoms with Crippen molar-refractivity contribution in [1.29, 1.82) is 0 Å². The van der Waals surface area contributed by atoms with Crippen LogP contribution in [0.4, 0.5) is 10.5 Å². The number of hydrogen-bond acceptors (Lipinski definition) is 3. The molecule has 0 fully saturated rings. The number of hydrogen-bond donors (Lipinski definition) is 2. The molecule has 0 aliphatic carbocycles. The van der Waals surface area contributed by atoms with Gasteiger partial charge in [0.05, 0.1) is 19.2 Å². The van der Waals surface area contributed by atoms with E-state index in [4.69, 9.17) is 16.9 Å². The first-order valence-electron chi connectivity index (χ1n) is 5.87. The number of nitrogens with one attached hydrogen (secondary N) is 1. The number of primary amides is 1. The topological polar surface area (TPSA) is 67.6 Å². The van der Waals surface area contributed by atoms with Gasteiger partial charge in [-0.1, -0.05) is 18.1 Å². The lowest BCUT2D eigenvalue weighted by molar-refractivity contribution is 0.114. The second kappa shape index (κ2) is 7.41. The first kappa shape index (κ1) is 15.0. The minimum atomic E-state index is -0.578. The van der Waals surface area contributed by atoms with Crippen LogP contribution in [0.25, 0.3) is 0 Å². The Morgan fingerprint density at radius 3 is 2.63 bits per heavy atom. The summed E-state index contributed by atoms with van der Waals surface area (Å²) in [4.78, 5) is 12.8. The maximum atomic E-state index is 10.7. The summed E-state index contributed by atoms with van der Waals surface area (Å²) < 4.78 is 5.22. The molecule has 0 saturated heterocycles. The van der Waals surface area contributed by atoms with Gasteiger partial charge in [0.15, 0.2) is 0 Å². The Morgan fingerprint density at radius 2 is 2.16 bits per heavy atom. The van der Waals surface area contributed by atoms with Gasteiger partial charge >= 0.3 is 6.03 Å². The number of carbonyl (C=O) groups is 1. The zero-order valence-electron chi connectivity index (χ0n) is 11.2. The molecule has 0 bridgehead atoms. The average Bonchev–Trinajstić information content (AvgIpc) is 2.36. The predicted octanol–water partition coefficient (Wildman–Crippen LogP) is 1.43. The zero-order chi connectivity index (χ0) is 14.3. The van der Waals surface area contributed by atoms with Crippen molar-refractivity contribution in [3.8, 4) is 12.3 Å². The maximum Gasteiger partial charge on any atom is 0.316 e. The van der Waals surface area contributed by atoms with Gasteiger partial charge in [0.25, 0.3) is 0 Å². The maximum absolute atomic E-state index is 10.7. The number of rotatable bonds is 6. The normalized spacial score (nSPS) is 11.9. The van der Waals surface area contributed by atoms with Crippen molar-refractivity contribution in [2.45, 2.75) is 6.04 Å². The number of terminal acetylenes is 1. The van der Waals surface area contributed by atoms with Crippen molar-refractivity contribution >= 4 is 11.7 Å². The summed E-state index contributed by atoms with van der Waals surface area (Å²) in [5, 5.41) is 2.52. The highest BCUT2D eigenvalue weighted by molar-refractivity contribution is 5.87. The van der Waals surface area contributed by atoms with Crippen LogP contribution in [0.5, 0.6) is 0 Å². The number of nitrogens with two attached hydrogens (primary N) is 1. The van der Waals surface area contributed by atoms with Gasteiger partial charge in [-0.15, -0.1) is 6.42 Å². The Hall–Kier alpha value is -2.03. The van der Waals surface area contributed by atoms with Gasteiger partial charge in [-0.05, 0) is 24.7 Å². The number of nitrogens with zero attached hydrogens (tertiary/aromatic N) is 1. The highest BCUT2D eigenvalue weighted by Gasteiger charge is 2.16. The molecular formula is C14H19N3O2. The van der Waals surface area contributed by atoms with E-state index in [1.54, 1.807) is 19.2 Å². The second-order valence-electron chi connectivity index (χ2n) is 4.20. The van der Waals surface area contributed by atoms with Gasteiger partial charge < -0.3 is 15.8 Å². The monoisotopic (exact) mass is 261 g/mol. The van der Waals surface area contributed by atoms with Gasteiger partial charge in [0, 0.05) is 12.8 Å². The third kappa shape index (κ3) is 4.62. The number of benzene rings is 1. The van der Waals surface area contributed by atoms with Crippen LogP contribution in [-0.2, 0) is 4.74 Å². The molecule has 0 heterocycles. The number of urea groups is 1. The summed E-state index contributed by atoms with van der Waals surface area (Å²) in [5.41, 5.74) is 6.78. The van der Waals surface area contributed by atoms with Gasteiger partial charge in [0.1, 0.15) is 0 Å². The minimum absolute atomic E-state index is 0.0729. The van der Waals surface area contributed by atoms with E-state index in [2.05, 4.69) is 11.2 Å². The van der Waals surface area contributed by atoms with Gasteiger partial charge in [0.2, 0.25) is 0 Å². The van der Waals surface area contributed by atoms with Crippen LogP contribution in [0, 0.1) is 12.3 Å². The third-order valence-electron chi connectivity index (χ3n) is 2.76. The van der Waals surface area contributed by atoms with E-state index in [0.29, 0.717) is 18.8 Å². The summed E-state index contributed by atoms with van der Waals surface area (Å²) >= 11 is 0. The zero-order valence-corrected chi connectivity index (χ0v) is 11.2. The molecule has 5 nitrogen and oxygen atoms in total. The summed E-state index contributed by atoms with van der Waals surface area (Å²) in [5.74, 6) is 2.61. The number of ether oxygens (including phenoxy) is 1. The largest absolute Gasteiger partial charge is 0.383 e. The molecule has 19 heavy (non-hydrogen) atoms. The van der Waals surface area contributed by atoms with Crippen LogP contribution in [0.1, 0.15) is 11.6 Å². The molecule has 1 unspecified atom stereocenters. The lowest BCUT2D eigenvalue weighted by Gasteiger charge is -2.26. The Balaban J connectivity index is 2.85. The standard InChI is InChI=1S/C14H19N3O2/c1-4-9-17(2)13(10-19-3)11-5-7-12(8-6-11)16-14(15)18/h1,5-8,13H,9-10H2,2-3H3,(H3,15,16,18). The lowest BCUT2D eigenvalue weighted by Crippen LogP contribution is -2.28. The van der Waals surface area contributed by atoms with Crippen molar-refractivity contribution in [1.82, 2.24) is 4.90 Å². The summed E-state index contributed by atoms with van der Waals surface area (Å²) in [7, 11) is 3.60. The Morgan fingerprint density at radius 1 is 1.53 bits per heavy atom. The van der Waals surface area contributed by atoms with Crippen molar-refractivity contribution in [2.75, 3.05) is 32.6 Å². The first-order chi connectivity index (χ1) is 9.08. The molecule has 0 saturated carbocycles. The average molecular weight is 261 g/mol. The molecule has 0 radical (unpaired) electrons. The van der Waals surface area contributed by atoms with E-state index in [1.807, 2.05) is 24.1 Å². The molecule has 1 aromatic rings. The third-order valence-corrected chi connectivity index (χ3v) is 2.76. The Kier molecular flexibility index (Phi) is 5.86. The number of carbonyl (C=O) groups excluding carboxylic acids is 1. The summed E-state index contributed by atoms with van der Waals surface area (Å²) in [6, 6.07) is 6.93. The quantitative estimate of drug-likeness (QED) is 0.761. The fourth-order valence-corrected chi connectivity index (χ4v) is 1.82. The van der Waals surface area contributed by atoms with Crippen LogP contribution in [0.3, 0.4) is 0 Å². The number of likely N-dealkylation sites (N-methyl/N-ethyl adjacent to an activating group) is 1. The highest BCUT2D eigenvalue weighted by Crippen LogP contribution is 2.21. The van der Waals surface area contributed by atoms with Crippen LogP contribution < -0.4 is 11.1 Å². The molecule has 2 amide bonds. The molecule has 5 heteroatoms. The van der Waals surface area contributed by atoms with E-state index in [9.17, 15) is 4.79 Å². The molecule has 1 aromatic carbocycles. The molecule has 0 aromatic heterocycles. The first-order valence-corrected chi connectivity index (χ1v) is 5.87. The molecule has 102 valence electrons. The smallest absolute Gasteiger partial charge is 0.316 e. The predicted molar refractivity (Wildman–Crippen MR) is 75.7 cm³/mol. The van der Waals surface area contributed by atoms with E-state index in [0.717, 1.165) is 5.56 Å². The summed E-state index contributed by atoms with van der Waals surface area (Å²) in [6.45, 7) is 1.08. The Bertz CT molecular complexity index is 451. The van der Waals surface area contributed by atoms with Crippen LogP contribution in [0.2, 0.25) is 0 Å². The van der Waals surface area contributed by atoms with Crippen LogP contribution in [0.15, 0.2) is 24.3 Å². The minimum Gasteiger partial charge on any atom is -0.383 e. The molecule has 0 aliphatic rings. The fourth-order valence-electron chi connectivity index (χ4n) is 1.82. The van der Waals surface area contributed by atoms with Crippen LogP contribution >= 0.6 is 0 Å². The van der Waals surface area contributed by atoms with Crippen molar-refractivity contribution in [2.24, 2.45) is 5.73 Å². The number of methoxy groups -OCH3 is 1. The molecule has 0 spiro atoms. The molecule has 1 atom stereocenters. The second-order valence-corrected chi connectivity index (χ2v) is 4.20. The lowest BCUT2D eigenvalue weighted by atomic mass is 10.1. The van der Waals surface area contributed by atoms with Gasteiger partial charge in [-0.2, -0.15) is 0 Å². The molecular weight excluding hydrogens is 242 g/mol. The van der Waals surface area contributed by atoms with Gasteiger partial charge in [-0.25, -0.2) is 4.79 Å². The van der Waals surface area contributed by atoms with E-state index in [1.165, 1.54) is 0 Å². The van der Waals surface area contributed by atoms with Crippen molar-refractivity contribution in [3.63, 3.8) is 0 Å². The number of anilines is 1. The van der Waals surface area contributed by atoms with E-state index < -0.39 is 6.03 Å². The molecule has 1 rings (SSSR count). The summed E-state index contributed by atoms with van der Waals surface area (Å²) in [6.07, 6.45) is 5.33. The molecule has 3 N–H and O–H groups in total. The fraction of sp³-hybridized carbons (Fsp3) is 0.357. The molecule has 0 aliphatic heterocycles. The van der Waals surface area contributed by atoms with E-state index >= 15 is 0 Å². The Labute approximate surface area is 113 Å². The van der Waals surface area contributed by atoms with Crippen molar-refractivity contribution < 1.29 is 9.53 Å². The highest BCUT2D eigenvalue weighted by atomic mass is 16.5. The van der Waals surface area contributed by atoms with Crippen LogP contribution in [-0.4, -0.2) is 38.2 Å². The SMILES string of the molecule is C#CCN(C)C(COC)c1ccc(NC(N)=O)cc1. The number of amides is 2. The van der Waals surface area contributed by atoms with Gasteiger partial charge in [-0.3, -0.25) is 4.90 Å². The van der Waals surface area contributed by atoms with E-state index in [-0.39, 0.29) is 6.04 Å². The van der Waals surface area contributed by atoms with Crippen molar-refractivity contribution in [3.05, 3.63) is 29.8 Å².